The van der Waals surface area contributed by atoms with Crippen LogP contribution in [0.3, 0.4) is 0 Å². The van der Waals surface area contributed by atoms with Crippen LogP contribution in [0, 0.1) is 0 Å². The maximum Gasteiger partial charge on any atom is 0.331 e. The first-order valence-corrected chi connectivity index (χ1v) is 9.46. The van der Waals surface area contributed by atoms with Gasteiger partial charge in [0.1, 0.15) is 6.61 Å². The van der Waals surface area contributed by atoms with Gasteiger partial charge in [-0.05, 0) is 48.0 Å². The zero-order valence-electron chi connectivity index (χ0n) is 17.1. The molecule has 5 heteroatoms. The Balaban J connectivity index is 1.87. The van der Waals surface area contributed by atoms with E-state index in [2.05, 4.69) is 30.9 Å². The summed E-state index contributed by atoms with van der Waals surface area (Å²) in [5.41, 5.74) is 3.05. The number of esters is 1. The van der Waals surface area contributed by atoms with Crippen molar-refractivity contribution in [3.8, 4) is 11.5 Å². The summed E-state index contributed by atoms with van der Waals surface area (Å²) in [4.78, 5) is 14.3. The summed E-state index contributed by atoms with van der Waals surface area (Å²) in [6.07, 6.45) is 3.10. The fraction of sp³-hybridized carbons (Fsp3) is 0.348. The molecule has 0 saturated carbocycles. The van der Waals surface area contributed by atoms with Crippen molar-refractivity contribution in [1.82, 2.24) is 4.90 Å². The Labute approximate surface area is 167 Å². The van der Waals surface area contributed by atoms with Crippen molar-refractivity contribution in [1.29, 1.82) is 0 Å². The van der Waals surface area contributed by atoms with Crippen LogP contribution in [0.15, 0.2) is 48.5 Å². The Morgan fingerprint density at radius 2 is 1.57 bits per heavy atom. The Hall–Kier alpha value is -2.79. The SMILES string of the molecule is CCN(CC)Cc1ccc(COC(=O)/C=C/c2ccc(OC)c(OC)c2)cc1. The normalized spacial score (nSPS) is 11.0. The Kier molecular flexibility index (Phi) is 8.56. The molecule has 0 aliphatic heterocycles. The first-order valence-electron chi connectivity index (χ1n) is 9.46. The average Bonchev–Trinajstić information content (AvgIpc) is 2.75. The van der Waals surface area contributed by atoms with E-state index in [1.165, 1.54) is 11.6 Å². The van der Waals surface area contributed by atoms with Crippen LogP contribution in [0.4, 0.5) is 0 Å². The predicted molar refractivity (Wildman–Crippen MR) is 111 cm³/mol. The van der Waals surface area contributed by atoms with E-state index in [9.17, 15) is 4.79 Å². The van der Waals surface area contributed by atoms with E-state index < -0.39 is 0 Å². The van der Waals surface area contributed by atoms with E-state index in [0.29, 0.717) is 11.5 Å². The summed E-state index contributed by atoms with van der Waals surface area (Å²) in [5.74, 6) is 0.872. The highest BCUT2D eigenvalue weighted by Crippen LogP contribution is 2.27. The second-order valence-corrected chi connectivity index (χ2v) is 6.33. The van der Waals surface area contributed by atoms with Gasteiger partial charge in [-0.2, -0.15) is 0 Å². The van der Waals surface area contributed by atoms with E-state index in [1.54, 1.807) is 32.4 Å². The van der Waals surface area contributed by atoms with Gasteiger partial charge in [0, 0.05) is 12.6 Å². The molecule has 0 unspecified atom stereocenters. The van der Waals surface area contributed by atoms with Crippen LogP contribution in [0.25, 0.3) is 6.08 Å². The first kappa shape index (κ1) is 21.5. The number of nitrogens with zero attached hydrogens (tertiary/aromatic N) is 1. The molecule has 0 atom stereocenters. The molecule has 2 aromatic carbocycles. The fourth-order valence-electron chi connectivity index (χ4n) is 2.77. The molecule has 2 rings (SSSR count). The van der Waals surface area contributed by atoms with Crippen LogP contribution in [0.2, 0.25) is 0 Å². The van der Waals surface area contributed by atoms with Gasteiger partial charge in [-0.3, -0.25) is 4.90 Å². The molecule has 0 aliphatic carbocycles. The number of rotatable bonds is 10. The standard InChI is InChI=1S/C23H29NO4/c1-5-24(6-2)16-19-7-9-20(10-8-19)17-28-23(25)14-12-18-11-13-21(26-3)22(15-18)27-4/h7-15H,5-6,16-17H2,1-4H3/b14-12+. The van der Waals surface area contributed by atoms with Gasteiger partial charge in [-0.15, -0.1) is 0 Å². The van der Waals surface area contributed by atoms with E-state index in [-0.39, 0.29) is 12.6 Å². The lowest BCUT2D eigenvalue weighted by Crippen LogP contribution is -2.22. The molecule has 0 fully saturated rings. The lowest BCUT2D eigenvalue weighted by atomic mass is 10.1. The molecule has 0 bridgehead atoms. The largest absolute Gasteiger partial charge is 0.493 e. The molecule has 0 aliphatic rings. The first-order chi connectivity index (χ1) is 13.6. The van der Waals surface area contributed by atoms with Gasteiger partial charge in [-0.25, -0.2) is 4.79 Å². The molecule has 0 spiro atoms. The number of carbonyl (C=O) groups is 1. The molecule has 0 saturated heterocycles. The van der Waals surface area contributed by atoms with Gasteiger partial charge in [0.25, 0.3) is 0 Å². The van der Waals surface area contributed by atoms with Crippen molar-refractivity contribution in [2.45, 2.75) is 27.0 Å². The van der Waals surface area contributed by atoms with Gasteiger partial charge >= 0.3 is 5.97 Å². The van der Waals surface area contributed by atoms with E-state index in [4.69, 9.17) is 14.2 Å². The minimum atomic E-state index is -0.387. The van der Waals surface area contributed by atoms with Crippen LogP contribution < -0.4 is 9.47 Å². The molecule has 0 N–H and O–H groups in total. The Morgan fingerprint density at radius 3 is 2.18 bits per heavy atom. The van der Waals surface area contributed by atoms with Gasteiger partial charge in [0.15, 0.2) is 11.5 Å². The molecule has 0 aromatic heterocycles. The number of benzene rings is 2. The summed E-state index contributed by atoms with van der Waals surface area (Å²) in [5, 5.41) is 0. The monoisotopic (exact) mass is 383 g/mol. The van der Waals surface area contributed by atoms with E-state index in [0.717, 1.165) is 30.8 Å². The molecule has 0 heterocycles. The molecule has 150 valence electrons. The lowest BCUT2D eigenvalue weighted by Gasteiger charge is -2.18. The zero-order chi connectivity index (χ0) is 20.4. The van der Waals surface area contributed by atoms with Gasteiger partial charge in [0.2, 0.25) is 0 Å². The highest BCUT2D eigenvalue weighted by atomic mass is 16.5. The summed E-state index contributed by atoms with van der Waals surface area (Å²) >= 11 is 0. The Morgan fingerprint density at radius 1 is 0.929 bits per heavy atom. The van der Waals surface area contributed by atoms with Gasteiger partial charge in [-0.1, -0.05) is 44.2 Å². The third-order valence-corrected chi connectivity index (χ3v) is 4.52. The molecule has 2 aromatic rings. The molecule has 0 radical (unpaired) electrons. The minimum Gasteiger partial charge on any atom is -0.493 e. The summed E-state index contributed by atoms with van der Waals surface area (Å²) in [6.45, 7) is 7.56. The maximum atomic E-state index is 12.0. The number of ether oxygens (including phenoxy) is 3. The number of carbonyl (C=O) groups excluding carboxylic acids is 1. The molecule has 28 heavy (non-hydrogen) atoms. The van der Waals surface area contributed by atoms with E-state index >= 15 is 0 Å². The molecule has 0 amide bonds. The minimum absolute atomic E-state index is 0.251. The number of methoxy groups -OCH3 is 2. The van der Waals surface area contributed by atoms with Gasteiger partial charge in [0.05, 0.1) is 14.2 Å². The molecule has 5 nitrogen and oxygen atoms in total. The van der Waals surface area contributed by atoms with Crippen molar-refractivity contribution in [3.05, 3.63) is 65.2 Å². The van der Waals surface area contributed by atoms with E-state index in [1.807, 2.05) is 18.2 Å². The summed E-state index contributed by atoms with van der Waals surface area (Å²) < 4.78 is 15.8. The highest BCUT2D eigenvalue weighted by Gasteiger charge is 2.05. The zero-order valence-corrected chi connectivity index (χ0v) is 17.1. The van der Waals surface area contributed by atoms with Crippen LogP contribution in [0.5, 0.6) is 11.5 Å². The number of hydrogen-bond donors (Lipinski definition) is 0. The highest BCUT2D eigenvalue weighted by molar-refractivity contribution is 5.87. The van der Waals surface area contributed by atoms with Crippen LogP contribution in [0.1, 0.15) is 30.5 Å². The van der Waals surface area contributed by atoms with Crippen molar-refractivity contribution in [2.75, 3.05) is 27.3 Å². The second kappa shape index (κ2) is 11.1. The van der Waals surface area contributed by atoms with Crippen LogP contribution in [-0.4, -0.2) is 38.2 Å². The number of hydrogen-bond acceptors (Lipinski definition) is 5. The third-order valence-electron chi connectivity index (χ3n) is 4.52. The van der Waals surface area contributed by atoms with Crippen molar-refractivity contribution in [3.63, 3.8) is 0 Å². The van der Waals surface area contributed by atoms with Crippen molar-refractivity contribution >= 4 is 12.0 Å². The smallest absolute Gasteiger partial charge is 0.331 e. The van der Waals surface area contributed by atoms with Crippen molar-refractivity contribution in [2.24, 2.45) is 0 Å². The third kappa shape index (κ3) is 6.43. The summed E-state index contributed by atoms with van der Waals surface area (Å²) in [7, 11) is 3.16. The Bertz CT molecular complexity index is 780. The second-order valence-electron chi connectivity index (χ2n) is 6.33. The van der Waals surface area contributed by atoms with Crippen molar-refractivity contribution < 1.29 is 19.0 Å². The predicted octanol–water partition coefficient (Wildman–Crippen LogP) is 4.30. The molecular weight excluding hydrogens is 354 g/mol. The van der Waals surface area contributed by atoms with Crippen LogP contribution >= 0.6 is 0 Å². The lowest BCUT2D eigenvalue weighted by molar-refractivity contribution is -0.138. The summed E-state index contributed by atoms with van der Waals surface area (Å²) in [6, 6.07) is 13.6. The van der Waals surface area contributed by atoms with Crippen LogP contribution in [-0.2, 0) is 22.7 Å². The quantitative estimate of drug-likeness (QED) is 0.452. The topological polar surface area (TPSA) is 48.0 Å². The molecular formula is C23H29NO4. The average molecular weight is 383 g/mol. The fourth-order valence-corrected chi connectivity index (χ4v) is 2.77. The van der Waals surface area contributed by atoms with Gasteiger partial charge < -0.3 is 14.2 Å². The maximum absolute atomic E-state index is 12.0.